The van der Waals surface area contributed by atoms with Crippen molar-refractivity contribution in [2.24, 2.45) is 0 Å². The molecule has 3 heterocycles. The molecule has 2 aromatic heterocycles. The average Bonchev–Trinajstić information content (AvgIpc) is 2.79. The average molecular weight is 257 g/mol. The van der Waals surface area contributed by atoms with Crippen LogP contribution in [0.4, 0.5) is 0 Å². The van der Waals surface area contributed by atoms with Crippen LogP contribution in [0.1, 0.15) is 11.4 Å². The van der Waals surface area contributed by atoms with Crippen molar-refractivity contribution in [2.45, 2.75) is 19.6 Å². The Morgan fingerprint density at radius 1 is 1.37 bits per heavy atom. The van der Waals surface area contributed by atoms with E-state index in [9.17, 15) is 0 Å². The second-order valence-electron chi connectivity index (χ2n) is 4.99. The summed E-state index contributed by atoms with van der Waals surface area (Å²) in [4.78, 5) is 11.4. The second-order valence-corrected chi connectivity index (χ2v) is 4.99. The van der Waals surface area contributed by atoms with Gasteiger partial charge in [0.1, 0.15) is 5.82 Å². The molecule has 0 unspecified atom stereocenters. The molecule has 2 aromatic rings. The number of likely N-dealkylation sites (N-methyl/N-ethyl adjacent to an activating group) is 1. The summed E-state index contributed by atoms with van der Waals surface area (Å²) in [5, 5.41) is 3.20. The van der Waals surface area contributed by atoms with Crippen molar-refractivity contribution < 1.29 is 0 Å². The Hall–Kier alpha value is -1.72. The van der Waals surface area contributed by atoms with Gasteiger partial charge in [0.05, 0.1) is 11.4 Å². The lowest BCUT2D eigenvalue weighted by molar-refractivity contribution is 0.269. The fourth-order valence-corrected chi connectivity index (χ4v) is 2.58. The molecule has 3 rings (SSSR count). The minimum absolute atomic E-state index is 0.809. The number of rotatable bonds is 3. The topological polar surface area (TPSA) is 46.0 Å². The number of nitrogens with one attached hydrogen (secondary N) is 1. The minimum Gasteiger partial charge on any atom is -0.325 e. The summed E-state index contributed by atoms with van der Waals surface area (Å²) in [5.74, 6) is 1.04. The molecule has 0 bridgehead atoms. The molecule has 0 aliphatic carbocycles. The molecule has 0 atom stereocenters. The van der Waals surface area contributed by atoms with Crippen LogP contribution in [0.2, 0.25) is 0 Å². The molecule has 0 saturated carbocycles. The lowest BCUT2D eigenvalue weighted by Gasteiger charge is -2.25. The normalized spacial score (nSPS) is 15.5. The van der Waals surface area contributed by atoms with Crippen LogP contribution in [0, 0.1) is 0 Å². The molecule has 100 valence electrons. The molecule has 0 saturated heterocycles. The van der Waals surface area contributed by atoms with Crippen molar-refractivity contribution in [3.05, 3.63) is 35.9 Å². The van der Waals surface area contributed by atoms with Crippen LogP contribution in [0.3, 0.4) is 0 Å². The van der Waals surface area contributed by atoms with Crippen molar-refractivity contribution in [1.29, 1.82) is 0 Å². The molecule has 0 amide bonds. The maximum absolute atomic E-state index is 4.82. The molecular weight excluding hydrogens is 238 g/mol. The van der Waals surface area contributed by atoms with E-state index in [1.54, 1.807) is 6.20 Å². The fourth-order valence-electron chi connectivity index (χ4n) is 2.58. The molecule has 5 nitrogen and oxygen atoms in total. The highest BCUT2D eigenvalue weighted by Gasteiger charge is 2.22. The molecule has 1 aliphatic heterocycles. The van der Waals surface area contributed by atoms with E-state index in [0.717, 1.165) is 43.3 Å². The SMILES string of the molecule is CNCc1nc(-c2cccnc2)n2c1CN(C)CC2. The summed E-state index contributed by atoms with van der Waals surface area (Å²) in [6, 6.07) is 4.04. The quantitative estimate of drug-likeness (QED) is 0.894. The van der Waals surface area contributed by atoms with Gasteiger partial charge in [-0.3, -0.25) is 9.88 Å². The van der Waals surface area contributed by atoms with Crippen molar-refractivity contribution in [3.8, 4) is 11.4 Å². The molecule has 0 aromatic carbocycles. The zero-order valence-corrected chi connectivity index (χ0v) is 11.4. The van der Waals surface area contributed by atoms with Crippen LogP contribution < -0.4 is 5.32 Å². The van der Waals surface area contributed by atoms with Gasteiger partial charge in [-0.1, -0.05) is 0 Å². The van der Waals surface area contributed by atoms with E-state index in [4.69, 9.17) is 4.98 Å². The summed E-state index contributed by atoms with van der Waals surface area (Å²) in [6.07, 6.45) is 3.68. The smallest absolute Gasteiger partial charge is 0.142 e. The van der Waals surface area contributed by atoms with Crippen molar-refractivity contribution >= 4 is 0 Å². The lowest BCUT2D eigenvalue weighted by atomic mass is 10.2. The molecule has 5 heteroatoms. The lowest BCUT2D eigenvalue weighted by Crippen LogP contribution is -2.31. The van der Waals surface area contributed by atoms with Gasteiger partial charge in [0, 0.05) is 44.1 Å². The number of hydrogen-bond donors (Lipinski definition) is 1. The van der Waals surface area contributed by atoms with Crippen molar-refractivity contribution in [3.63, 3.8) is 0 Å². The number of pyridine rings is 1. The fraction of sp³-hybridized carbons (Fsp3) is 0.429. The third kappa shape index (κ3) is 2.27. The number of hydrogen-bond acceptors (Lipinski definition) is 4. The van der Waals surface area contributed by atoms with E-state index in [1.165, 1.54) is 5.69 Å². The van der Waals surface area contributed by atoms with Gasteiger partial charge in [-0.05, 0) is 26.2 Å². The molecule has 0 radical (unpaired) electrons. The first-order valence-electron chi connectivity index (χ1n) is 6.61. The van der Waals surface area contributed by atoms with E-state index in [-0.39, 0.29) is 0 Å². The third-order valence-electron chi connectivity index (χ3n) is 3.54. The number of aromatic nitrogens is 3. The Morgan fingerprint density at radius 2 is 2.26 bits per heavy atom. The van der Waals surface area contributed by atoms with Gasteiger partial charge in [-0.2, -0.15) is 0 Å². The molecule has 1 aliphatic rings. The standard InChI is InChI=1S/C14H19N5/c1-15-9-12-13-10-18(2)6-7-19(13)14(17-12)11-4-3-5-16-8-11/h3-5,8,15H,6-7,9-10H2,1-2H3. The molecule has 0 spiro atoms. The minimum atomic E-state index is 0.809. The molecule has 1 N–H and O–H groups in total. The molecule has 0 fully saturated rings. The Morgan fingerprint density at radius 3 is 3.00 bits per heavy atom. The van der Waals surface area contributed by atoms with E-state index in [1.807, 2.05) is 19.3 Å². The van der Waals surface area contributed by atoms with Gasteiger partial charge in [-0.15, -0.1) is 0 Å². The third-order valence-corrected chi connectivity index (χ3v) is 3.54. The van der Waals surface area contributed by atoms with Crippen LogP contribution in [-0.2, 0) is 19.6 Å². The van der Waals surface area contributed by atoms with Crippen LogP contribution in [0.15, 0.2) is 24.5 Å². The van der Waals surface area contributed by atoms with Gasteiger partial charge < -0.3 is 9.88 Å². The molecular formula is C14H19N5. The second kappa shape index (κ2) is 5.11. The molecule has 19 heavy (non-hydrogen) atoms. The first-order valence-corrected chi connectivity index (χ1v) is 6.61. The highest BCUT2D eigenvalue weighted by atomic mass is 15.2. The largest absolute Gasteiger partial charge is 0.325 e. The van der Waals surface area contributed by atoms with Gasteiger partial charge in [-0.25, -0.2) is 4.98 Å². The van der Waals surface area contributed by atoms with Crippen LogP contribution >= 0.6 is 0 Å². The van der Waals surface area contributed by atoms with E-state index in [2.05, 4.69) is 32.9 Å². The maximum atomic E-state index is 4.82. The van der Waals surface area contributed by atoms with E-state index >= 15 is 0 Å². The summed E-state index contributed by atoms with van der Waals surface area (Å²) in [6.45, 7) is 3.83. The summed E-state index contributed by atoms with van der Waals surface area (Å²) < 4.78 is 2.34. The highest BCUT2D eigenvalue weighted by Crippen LogP contribution is 2.25. The summed E-state index contributed by atoms with van der Waals surface area (Å²) in [7, 11) is 4.12. The first-order chi connectivity index (χ1) is 9.29. The predicted molar refractivity (Wildman–Crippen MR) is 74.6 cm³/mol. The number of fused-ring (bicyclic) bond motifs is 1. The Labute approximate surface area is 113 Å². The zero-order chi connectivity index (χ0) is 13.2. The predicted octanol–water partition coefficient (Wildman–Crippen LogP) is 1.11. The summed E-state index contributed by atoms with van der Waals surface area (Å²) >= 11 is 0. The van der Waals surface area contributed by atoms with Crippen molar-refractivity contribution in [2.75, 3.05) is 20.6 Å². The number of nitrogens with zero attached hydrogens (tertiary/aromatic N) is 4. The summed E-state index contributed by atoms with van der Waals surface area (Å²) in [5.41, 5.74) is 3.56. The zero-order valence-electron chi connectivity index (χ0n) is 11.4. The van der Waals surface area contributed by atoms with Crippen LogP contribution in [0.5, 0.6) is 0 Å². The maximum Gasteiger partial charge on any atom is 0.142 e. The van der Waals surface area contributed by atoms with Gasteiger partial charge in [0.25, 0.3) is 0 Å². The monoisotopic (exact) mass is 257 g/mol. The Balaban J connectivity index is 2.08. The van der Waals surface area contributed by atoms with Crippen LogP contribution in [0.25, 0.3) is 11.4 Å². The van der Waals surface area contributed by atoms with Crippen LogP contribution in [-0.4, -0.2) is 40.1 Å². The first kappa shape index (κ1) is 12.3. The van der Waals surface area contributed by atoms with Gasteiger partial charge >= 0.3 is 0 Å². The Bertz CT molecular complexity index is 561. The van der Waals surface area contributed by atoms with E-state index < -0.39 is 0 Å². The Kier molecular flexibility index (Phi) is 3.31. The van der Waals surface area contributed by atoms with Crippen molar-refractivity contribution in [1.82, 2.24) is 24.8 Å². The van der Waals surface area contributed by atoms with Gasteiger partial charge in [0.2, 0.25) is 0 Å². The van der Waals surface area contributed by atoms with Gasteiger partial charge in [0.15, 0.2) is 0 Å². The highest BCUT2D eigenvalue weighted by molar-refractivity contribution is 5.55. The van der Waals surface area contributed by atoms with E-state index in [0.29, 0.717) is 0 Å². The number of imidazole rings is 1.